The summed E-state index contributed by atoms with van der Waals surface area (Å²) in [5.41, 5.74) is 9.21. The van der Waals surface area contributed by atoms with Crippen LogP contribution in [0.15, 0.2) is 47.7 Å². The average molecular weight is 478 g/mol. The molecule has 0 saturated carbocycles. The van der Waals surface area contributed by atoms with Gasteiger partial charge in [0.15, 0.2) is 28.8 Å². The molecule has 0 amide bonds. The molecule has 2 atom stereocenters. The van der Waals surface area contributed by atoms with Gasteiger partial charge in [0.05, 0.1) is 28.4 Å². The minimum Gasteiger partial charge on any atom is -0.493 e. The minimum absolute atomic E-state index is 0.0260. The molecular formula is C25H27N5O5. The standard InChI is InChI=1S/C25H27N5O5/c1-32-18-7-5-13(11-20(18)34-3)15-9-16-22(17(31)10-15)23(30-25(27-16)28-24(26)29-30)14-6-8-19(33-2)21(12-14)35-4/h5-8,11-12,15,23H,9-10H2,1-4H3,(H3,26,27,28,29)/t15-,23-/m0/s1. The first kappa shape index (κ1) is 22.6. The summed E-state index contributed by atoms with van der Waals surface area (Å²) >= 11 is 0. The lowest BCUT2D eigenvalue weighted by molar-refractivity contribution is -0.116. The Labute approximate surface area is 202 Å². The number of fused-ring (bicyclic) bond motifs is 1. The smallest absolute Gasteiger partial charge is 0.241 e. The average Bonchev–Trinajstić information content (AvgIpc) is 3.25. The van der Waals surface area contributed by atoms with E-state index in [4.69, 9.17) is 24.7 Å². The number of Topliss-reactive ketones (excluding diaryl/α,β-unsaturated/α-hetero) is 1. The van der Waals surface area contributed by atoms with Gasteiger partial charge in [-0.15, -0.1) is 5.10 Å². The number of hydrogen-bond donors (Lipinski definition) is 2. The highest BCUT2D eigenvalue weighted by molar-refractivity contribution is 6.00. The molecule has 0 saturated heterocycles. The summed E-state index contributed by atoms with van der Waals surface area (Å²) in [6.45, 7) is 0. The zero-order valence-corrected chi connectivity index (χ0v) is 20.0. The van der Waals surface area contributed by atoms with Gasteiger partial charge in [-0.3, -0.25) is 4.79 Å². The molecule has 5 rings (SSSR count). The first-order valence-corrected chi connectivity index (χ1v) is 11.2. The molecule has 35 heavy (non-hydrogen) atoms. The van der Waals surface area contributed by atoms with Crippen molar-refractivity contribution >= 4 is 17.7 Å². The Morgan fingerprint density at radius 3 is 2.11 bits per heavy atom. The number of nitrogens with zero attached hydrogens (tertiary/aromatic N) is 3. The fourth-order valence-corrected chi connectivity index (χ4v) is 4.90. The minimum atomic E-state index is -0.496. The van der Waals surface area contributed by atoms with Crippen molar-refractivity contribution in [3.8, 4) is 23.0 Å². The summed E-state index contributed by atoms with van der Waals surface area (Å²) in [6.07, 6.45) is 0.965. The predicted molar refractivity (Wildman–Crippen MR) is 129 cm³/mol. The molecule has 1 aliphatic heterocycles. The van der Waals surface area contributed by atoms with Crippen molar-refractivity contribution in [2.75, 3.05) is 39.5 Å². The Hall–Kier alpha value is -4.21. The summed E-state index contributed by atoms with van der Waals surface area (Å²) in [6, 6.07) is 10.8. The van der Waals surface area contributed by atoms with Gasteiger partial charge in [-0.05, 0) is 47.7 Å². The number of ether oxygens (including phenoxy) is 4. The number of rotatable bonds is 6. The van der Waals surface area contributed by atoms with Crippen LogP contribution in [0.4, 0.5) is 11.9 Å². The number of benzene rings is 2. The van der Waals surface area contributed by atoms with Crippen molar-refractivity contribution in [3.05, 3.63) is 58.8 Å². The van der Waals surface area contributed by atoms with Crippen LogP contribution < -0.4 is 30.0 Å². The number of carbonyl (C=O) groups is 1. The van der Waals surface area contributed by atoms with E-state index in [-0.39, 0.29) is 17.6 Å². The zero-order chi connectivity index (χ0) is 24.7. The van der Waals surface area contributed by atoms with Gasteiger partial charge in [0.2, 0.25) is 11.9 Å². The maximum Gasteiger partial charge on any atom is 0.241 e. The van der Waals surface area contributed by atoms with Crippen molar-refractivity contribution < 1.29 is 23.7 Å². The molecule has 3 N–H and O–H groups in total. The van der Waals surface area contributed by atoms with Gasteiger partial charge >= 0.3 is 0 Å². The maximum atomic E-state index is 13.7. The molecule has 182 valence electrons. The summed E-state index contributed by atoms with van der Waals surface area (Å²) in [7, 11) is 6.35. The SMILES string of the molecule is COc1ccc([C@@H]2CC(=O)C3=C(C2)Nc2nc(N)nn2[C@H]3c2ccc(OC)c(OC)c2)cc1OC. The molecule has 0 radical (unpaired) electrons. The van der Waals surface area contributed by atoms with Crippen LogP contribution in [0.25, 0.3) is 0 Å². The number of allylic oxidation sites excluding steroid dienone is 2. The van der Waals surface area contributed by atoms with Crippen LogP contribution in [0, 0.1) is 0 Å². The number of nitrogens with two attached hydrogens (primary N) is 1. The summed E-state index contributed by atoms with van der Waals surface area (Å²) < 4.78 is 23.4. The molecule has 0 fully saturated rings. The van der Waals surface area contributed by atoms with Crippen LogP contribution in [0.5, 0.6) is 23.0 Å². The van der Waals surface area contributed by atoms with Gasteiger partial charge in [-0.25, -0.2) is 4.68 Å². The third-order valence-electron chi connectivity index (χ3n) is 6.54. The van der Waals surface area contributed by atoms with E-state index < -0.39 is 6.04 Å². The number of nitrogen functional groups attached to an aromatic ring is 1. The van der Waals surface area contributed by atoms with Crippen LogP contribution in [-0.2, 0) is 4.79 Å². The Bertz CT molecular complexity index is 1330. The fraction of sp³-hybridized carbons (Fsp3) is 0.320. The zero-order valence-electron chi connectivity index (χ0n) is 20.0. The van der Waals surface area contributed by atoms with Crippen LogP contribution in [0.2, 0.25) is 0 Å². The molecular weight excluding hydrogens is 450 g/mol. The van der Waals surface area contributed by atoms with E-state index in [1.165, 1.54) is 0 Å². The van der Waals surface area contributed by atoms with E-state index in [0.717, 1.165) is 16.8 Å². The van der Waals surface area contributed by atoms with Crippen LogP contribution in [0.1, 0.15) is 35.9 Å². The quantitative estimate of drug-likeness (QED) is 0.550. The normalized spacial score (nSPS) is 18.9. The van der Waals surface area contributed by atoms with E-state index in [1.807, 2.05) is 36.4 Å². The number of nitrogens with one attached hydrogen (secondary N) is 1. The molecule has 0 bridgehead atoms. The highest BCUT2D eigenvalue weighted by atomic mass is 16.5. The maximum absolute atomic E-state index is 13.7. The van der Waals surface area contributed by atoms with E-state index in [9.17, 15) is 4.79 Å². The highest BCUT2D eigenvalue weighted by Crippen LogP contribution is 2.46. The summed E-state index contributed by atoms with van der Waals surface area (Å²) in [5, 5.41) is 7.69. The van der Waals surface area contributed by atoms with Gasteiger partial charge in [0.25, 0.3) is 0 Å². The summed E-state index contributed by atoms with van der Waals surface area (Å²) in [5.74, 6) is 3.04. The molecule has 2 aromatic carbocycles. The van der Waals surface area contributed by atoms with Gasteiger partial charge in [-0.2, -0.15) is 4.98 Å². The third kappa shape index (κ3) is 3.80. The second-order valence-corrected chi connectivity index (χ2v) is 8.42. The first-order valence-electron chi connectivity index (χ1n) is 11.2. The molecule has 0 unspecified atom stereocenters. The highest BCUT2D eigenvalue weighted by Gasteiger charge is 2.40. The number of ketones is 1. The molecule has 1 aliphatic carbocycles. The topological polar surface area (TPSA) is 123 Å². The number of methoxy groups -OCH3 is 4. The lowest BCUT2D eigenvalue weighted by Crippen LogP contribution is -2.33. The number of aromatic nitrogens is 3. The van der Waals surface area contributed by atoms with Gasteiger partial charge in [0.1, 0.15) is 6.04 Å². The molecule has 2 aliphatic rings. The first-order chi connectivity index (χ1) is 17.0. The Morgan fingerprint density at radius 1 is 0.886 bits per heavy atom. The van der Waals surface area contributed by atoms with E-state index in [2.05, 4.69) is 15.4 Å². The van der Waals surface area contributed by atoms with Crippen molar-refractivity contribution in [2.24, 2.45) is 0 Å². The number of carbonyl (C=O) groups excluding carboxylic acids is 1. The number of hydrogen-bond acceptors (Lipinski definition) is 9. The van der Waals surface area contributed by atoms with Crippen LogP contribution in [0.3, 0.4) is 0 Å². The monoisotopic (exact) mass is 477 g/mol. The van der Waals surface area contributed by atoms with Crippen molar-refractivity contribution in [3.63, 3.8) is 0 Å². The van der Waals surface area contributed by atoms with E-state index in [1.54, 1.807) is 33.1 Å². The molecule has 0 spiro atoms. The lowest BCUT2D eigenvalue weighted by Gasteiger charge is -2.35. The second-order valence-electron chi connectivity index (χ2n) is 8.42. The lowest BCUT2D eigenvalue weighted by atomic mass is 9.78. The van der Waals surface area contributed by atoms with E-state index >= 15 is 0 Å². The van der Waals surface area contributed by atoms with Crippen LogP contribution >= 0.6 is 0 Å². The summed E-state index contributed by atoms with van der Waals surface area (Å²) in [4.78, 5) is 18.0. The molecule has 10 heteroatoms. The number of anilines is 2. The second kappa shape index (κ2) is 8.86. The van der Waals surface area contributed by atoms with Gasteiger partial charge in [-0.1, -0.05) is 12.1 Å². The van der Waals surface area contributed by atoms with Gasteiger partial charge < -0.3 is 30.0 Å². The van der Waals surface area contributed by atoms with E-state index in [0.29, 0.717) is 47.4 Å². The Balaban J connectivity index is 1.58. The Kier molecular flexibility index (Phi) is 5.72. The van der Waals surface area contributed by atoms with Crippen molar-refractivity contribution in [1.29, 1.82) is 0 Å². The Morgan fingerprint density at radius 2 is 1.49 bits per heavy atom. The predicted octanol–water partition coefficient (Wildman–Crippen LogP) is 3.31. The van der Waals surface area contributed by atoms with Crippen molar-refractivity contribution in [2.45, 2.75) is 24.8 Å². The van der Waals surface area contributed by atoms with Gasteiger partial charge in [0, 0.05) is 17.7 Å². The third-order valence-corrected chi connectivity index (χ3v) is 6.54. The fourth-order valence-electron chi connectivity index (χ4n) is 4.90. The molecule has 10 nitrogen and oxygen atoms in total. The van der Waals surface area contributed by atoms with Crippen LogP contribution in [-0.4, -0.2) is 49.0 Å². The molecule has 1 aromatic heterocycles. The molecule has 3 aromatic rings. The molecule has 2 heterocycles. The van der Waals surface area contributed by atoms with Crippen molar-refractivity contribution in [1.82, 2.24) is 14.8 Å². The largest absolute Gasteiger partial charge is 0.493 e.